The number of pyridine rings is 1. The van der Waals surface area contributed by atoms with Crippen molar-refractivity contribution in [2.45, 2.75) is 50.9 Å². The van der Waals surface area contributed by atoms with Gasteiger partial charge in [0.2, 0.25) is 0 Å². The molecule has 3 heterocycles. The van der Waals surface area contributed by atoms with Gasteiger partial charge in [-0.25, -0.2) is 0 Å². The Labute approximate surface area is 159 Å². The average Bonchev–Trinajstić information content (AvgIpc) is 3.24. The normalized spacial score (nSPS) is 21.2. The molecule has 6 heteroatoms. The number of carbonyl (C=O) groups excluding carboxylic acids is 2. The van der Waals surface area contributed by atoms with Crippen LogP contribution in [-0.4, -0.2) is 44.9 Å². The zero-order chi connectivity index (χ0) is 18.6. The van der Waals surface area contributed by atoms with Crippen molar-refractivity contribution in [3.63, 3.8) is 0 Å². The van der Waals surface area contributed by atoms with Crippen LogP contribution in [0.25, 0.3) is 0 Å². The molecule has 1 aliphatic carbocycles. The first-order chi connectivity index (χ1) is 13.2. The minimum atomic E-state index is -0.156. The molecule has 0 aromatic carbocycles. The maximum absolute atomic E-state index is 13.2. The lowest BCUT2D eigenvalue weighted by Crippen LogP contribution is -2.42. The number of likely N-dealkylation sites (tertiary alicyclic amines) is 1. The molecule has 1 N–H and O–H groups in total. The maximum Gasteiger partial charge on any atom is 0.257 e. The number of Topliss-reactive ketones (excluding diaryl/α,β-unsaturated/α-hetero) is 1. The lowest BCUT2D eigenvalue weighted by atomic mass is 9.85. The Morgan fingerprint density at radius 1 is 1.07 bits per heavy atom. The van der Waals surface area contributed by atoms with Crippen LogP contribution in [0, 0.1) is 5.92 Å². The molecule has 0 bridgehead atoms. The second-order valence-electron chi connectivity index (χ2n) is 7.73. The van der Waals surface area contributed by atoms with Crippen LogP contribution in [0.2, 0.25) is 0 Å². The highest BCUT2D eigenvalue weighted by Crippen LogP contribution is 2.34. The highest BCUT2D eigenvalue weighted by atomic mass is 16.2. The van der Waals surface area contributed by atoms with Gasteiger partial charge >= 0.3 is 0 Å². The minimum Gasteiger partial charge on any atom is -0.338 e. The molecule has 1 amide bonds. The van der Waals surface area contributed by atoms with Gasteiger partial charge in [-0.3, -0.25) is 19.7 Å². The van der Waals surface area contributed by atoms with Crippen molar-refractivity contribution < 1.29 is 9.59 Å². The number of rotatable bonds is 4. The van der Waals surface area contributed by atoms with Crippen molar-refractivity contribution in [1.29, 1.82) is 0 Å². The van der Waals surface area contributed by atoms with E-state index in [1.54, 1.807) is 30.7 Å². The number of nitrogens with one attached hydrogen (secondary N) is 1. The number of H-pyrrole nitrogens is 1. The van der Waals surface area contributed by atoms with Crippen LogP contribution < -0.4 is 0 Å². The summed E-state index contributed by atoms with van der Waals surface area (Å²) in [6.07, 6.45) is 12.5. The number of carbonyl (C=O) groups is 2. The number of amides is 1. The van der Waals surface area contributed by atoms with E-state index in [0.29, 0.717) is 30.1 Å². The van der Waals surface area contributed by atoms with Crippen LogP contribution in [-0.2, 0) is 0 Å². The Morgan fingerprint density at radius 3 is 2.70 bits per heavy atom. The predicted octanol–water partition coefficient (Wildman–Crippen LogP) is 3.59. The van der Waals surface area contributed by atoms with Crippen LogP contribution in [0.4, 0.5) is 0 Å². The summed E-state index contributed by atoms with van der Waals surface area (Å²) >= 11 is 0. The zero-order valence-electron chi connectivity index (χ0n) is 15.6. The van der Waals surface area contributed by atoms with Crippen molar-refractivity contribution in [1.82, 2.24) is 20.1 Å². The van der Waals surface area contributed by atoms with Gasteiger partial charge in [-0.15, -0.1) is 0 Å². The van der Waals surface area contributed by atoms with Crippen LogP contribution in [0.3, 0.4) is 0 Å². The van der Waals surface area contributed by atoms with Crippen LogP contribution >= 0.6 is 0 Å². The fourth-order valence-electron chi connectivity index (χ4n) is 4.46. The summed E-state index contributed by atoms with van der Waals surface area (Å²) in [4.78, 5) is 31.8. The van der Waals surface area contributed by atoms with Gasteiger partial charge in [-0.05, 0) is 37.8 Å². The molecule has 2 aromatic heterocycles. The molecule has 1 atom stereocenters. The Bertz CT molecular complexity index is 796. The molecule has 1 aliphatic heterocycles. The predicted molar refractivity (Wildman–Crippen MR) is 102 cm³/mol. The third kappa shape index (κ3) is 3.80. The van der Waals surface area contributed by atoms with E-state index in [9.17, 15) is 9.59 Å². The quantitative estimate of drug-likeness (QED) is 0.839. The molecule has 1 unspecified atom stereocenters. The first kappa shape index (κ1) is 17.9. The molecule has 2 aromatic rings. The monoisotopic (exact) mass is 366 g/mol. The van der Waals surface area contributed by atoms with Gasteiger partial charge in [0.25, 0.3) is 5.91 Å². The van der Waals surface area contributed by atoms with Gasteiger partial charge < -0.3 is 4.90 Å². The van der Waals surface area contributed by atoms with Gasteiger partial charge in [0.1, 0.15) is 0 Å². The third-order valence-electron chi connectivity index (χ3n) is 5.94. The minimum absolute atomic E-state index is 0.00742. The van der Waals surface area contributed by atoms with Crippen molar-refractivity contribution >= 4 is 11.7 Å². The van der Waals surface area contributed by atoms with Gasteiger partial charge in [0.05, 0.1) is 17.5 Å². The number of piperidine rings is 1. The summed E-state index contributed by atoms with van der Waals surface area (Å²) in [5, 5.41) is 7.25. The van der Waals surface area contributed by atoms with Crippen molar-refractivity contribution in [3.05, 3.63) is 47.5 Å². The number of aromatic nitrogens is 3. The smallest absolute Gasteiger partial charge is 0.257 e. The molecule has 2 fully saturated rings. The Kier molecular flexibility index (Phi) is 5.32. The largest absolute Gasteiger partial charge is 0.338 e. The molecule has 142 valence electrons. The number of aromatic amines is 1. The maximum atomic E-state index is 13.2. The standard InChI is InChI=1S/C21H26N4O2/c26-20(16-8-4-10-22-12-16)17-9-5-11-25(14-17)21(27)18-13-23-24-19(18)15-6-2-1-3-7-15/h4,8,10,12-13,15,17H,1-3,5-7,9,11,14H2,(H,23,24). The van der Waals surface area contributed by atoms with Gasteiger partial charge in [-0.1, -0.05) is 19.3 Å². The van der Waals surface area contributed by atoms with E-state index in [2.05, 4.69) is 15.2 Å². The molecular formula is C21H26N4O2. The highest BCUT2D eigenvalue weighted by molar-refractivity contribution is 5.99. The average molecular weight is 366 g/mol. The van der Waals surface area contributed by atoms with E-state index in [-0.39, 0.29) is 17.6 Å². The van der Waals surface area contributed by atoms with E-state index in [1.165, 1.54) is 19.3 Å². The van der Waals surface area contributed by atoms with E-state index in [0.717, 1.165) is 31.4 Å². The fourth-order valence-corrected chi connectivity index (χ4v) is 4.46. The first-order valence-electron chi connectivity index (χ1n) is 10.0. The molecule has 1 saturated carbocycles. The zero-order valence-corrected chi connectivity index (χ0v) is 15.6. The Morgan fingerprint density at radius 2 is 1.93 bits per heavy atom. The van der Waals surface area contributed by atoms with Crippen LogP contribution in [0.5, 0.6) is 0 Å². The number of ketones is 1. The lowest BCUT2D eigenvalue weighted by molar-refractivity contribution is 0.0635. The summed E-state index contributed by atoms with van der Waals surface area (Å²) in [7, 11) is 0. The summed E-state index contributed by atoms with van der Waals surface area (Å²) < 4.78 is 0. The van der Waals surface area contributed by atoms with Crippen LogP contribution in [0.1, 0.15) is 77.3 Å². The summed E-state index contributed by atoms with van der Waals surface area (Å²) in [6, 6.07) is 3.58. The molecule has 4 rings (SSSR count). The first-order valence-corrected chi connectivity index (χ1v) is 10.0. The molecule has 2 aliphatic rings. The van der Waals surface area contributed by atoms with Gasteiger partial charge in [0.15, 0.2) is 5.78 Å². The Hall–Kier alpha value is -2.50. The van der Waals surface area contributed by atoms with Crippen molar-refractivity contribution in [3.8, 4) is 0 Å². The van der Waals surface area contributed by atoms with Gasteiger partial charge in [0, 0.05) is 42.9 Å². The SMILES string of the molecule is O=C(c1cccnc1)C1CCCN(C(=O)c2cn[nH]c2C2CCCCC2)C1. The number of hydrogen-bond acceptors (Lipinski definition) is 4. The lowest BCUT2D eigenvalue weighted by Gasteiger charge is -2.32. The molecule has 6 nitrogen and oxygen atoms in total. The number of hydrogen-bond donors (Lipinski definition) is 1. The van der Waals surface area contributed by atoms with E-state index >= 15 is 0 Å². The van der Waals surface area contributed by atoms with Crippen molar-refractivity contribution in [2.75, 3.05) is 13.1 Å². The van der Waals surface area contributed by atoms with E-state index < -0.39 is 0 Å². The summed E-state index contributed by atoms with van der Waals surface area (Å²) in [5.41, 5.74) is 2.31. The summed E-state index contributed by atoms with van der Waals surface area (Å²) in [5.74, 6) is 0.336. The summed E-state index contributed by atoms with van der Waals surface area (Å²) in [6.45, 7) is 1.17. The van der Waals surface area contributed by atoms with E-state index in [1.807, 2.05) is 4.90 Å². The molecule has 0 spiro atoms. The van der Waals surface area contributed by atoms with Gasteiger partial charge in [-0.2, -0.15) is 5.10 Å². The topological polar surface area (TPSA) is 79.0 Å². The molecule has 27 heavy (non-hydrogen) atoms. The fraction of sp³-hybridized carbons (Fsp3) is 0.524. The highest BCUT2D eigenvalue weighted by Gasteiger charge is 2.32. The molecule has 1 saturated heterocycles. The third-order valence-corrected chi connectivity index (χ3v) is 5.94. The molecule has 0 radical (unpaired) electrons. The second-order valence-corrected chi connectivity index (χ2v) is 7.73. The van der Waals surface area contributed by atoms with Crippen LogP contribution in [0.15, 0.2) is 30.7 Å². The number of nitrogens with zero attached hydrogens (tertiary/aromatic N) is 3. The van der Waals surface area contributed by atoms with Crippen molar-refractivity contribution in [2.24, 2.45) is 5.92 Å². The van der Waals surface area contributed by atoms with E-state index in [4.69, 9.17) is 0 Å². The second kappa shape index (κ2) is 8.03. The Balaban J connectivity index is 1.48. The molecular weight excluding hydrogens is 340 g/mol.